The lowest BCUT2D eigenvalue weighted by atomic mass is 10.3. The molecule has 1 heterocycles. The Morgan fingerprint density at radius 2 is 2.00 bits per heavy atom. The molecule has 1 aromatic heterocycles. The van der Waals surface area contributed by atoms with Crippen LogP contribution in [0.2, 0.25) is 0 Å². The highest BCUT2D eigenvalue weighted by atomic mass is 127. The second kappa shape index (κ2) is 11.6. The van der Waals surface area contributed by atoms with E-state index >= 15 is 0 Å². The summed E-state index contributed by atoms with van der Waals surface area (Å²) in [6.45, 7) is 8.12. The first-order valence-electron chi connectivity index (χ1n) is 8.34. The molecule has 0 aliphatic rings. The van der Waals surface area contributed by atoms with Crippen LogP contribution in [0.5, 0.6) is 11.5 Å². The van der Waals surface area contributed by atoms with Crippen LogP contribution in [0.3, 0.4) is 0 Å². The predicted molar refractivity (Wildman–Crippen MR) is 113 cm³/mol. The molecule has 0 saturated heterocycles. The summed E-state index contributed by atoms with van der Waals surface area (Å²) in [6, 6.07) is 7.53. The molecule has 8 heteroatoms. The molecule has 0 amide bonds. The van der Waals surface area contributed by atoms with Crippen molar-refractivity contribution in [1.82, 2.24) is 15.6 Å². The fourth-order valence-corrected chi connectivity index (χ4v) is 2.12. The summed E-state index contributed by atoms with van der Waals surface area (Å²) in [5.41, 5.74) is 0.898. The summed E-state index contributed by atoms with van der Waals surface area (Å²) in [4.78, 5) is 8.80. The molecule has 0 fully saturated rings. The van der Waals surface area contributed by atoms with E-state index in [1.165, 1.54) is 0 Å². The van der Waals surface area contributed by atoms with Gasteiger partial charge in [-0.1, -0.05) is 6.07 Å². The number of aryl methyl sites for hydroxylation is 2. The Bertz CT molecular complexity index is 684. The van der Waals surface area contributed by atoms with Gasteiger partial charge in [-0.2, -0.15) is 0 Å². The maximum absolute atomic E-state index is 5.70. The zero-order valence-corrected chi connectivity index (χ0v) is 18.0. The van der Waals surface area contributed by atoms with E-state index in [1.807, 2.05) is 45.0 Å². The number of guanidine groups is 1. The van der Waals surface area contributed by atoms with Crippen LogP contribution in [0.25, 0.3) is 0 Å². The van der Waals surface area contributed by atoms with Gasteiger partial charge in [-0.3, -0.25) is 0 Å². The van der Waals surface area contributed by atoms with Crippen LogP contribution in [-0.2, 0) is 6.54 Å². The number of aromatic nitrogens is 1. The number of rotatable bonds is 8. The molecule has 0 radical (unpaired) electrons. The fourth-order valence-electron chi connectivity index (χ4n) is 2.12. The number of hydrogen-bond acceptors (Lipinski definition) is 5. The summed E-state index contributed by atoms with van der Waals surface area (Å²) in [5, 5.41) is 6.41. The highest BCUT2D eigenvalue weighted by molar-refractivity contribution is 14.0. The van der Waals surface area contributed by atoms with E-state index < -0.39 is 0 Å². The van der Waals surface area contributed by atoms with Crippen molar-refractivity contribution in [3.05, 3.63) is 41.6 Å². The molecule has 0 atom stereocenters. The largest absolute Gasteiger partial charge is 0.497 e. The number of nitrogens with one attached hydrogen (secondary N) is 2. The average Bonchev–Trinajstić information content (AvgIpc) is 2.94. The van der Waals surface area contributed by atoms with E-state index in [0.29, 0.717) is 31.5 Å². The molecule has 0 saturated carbocycles. The molecule has 0 bridgehead atoms. The quantitative estimate of drug-likeness (QED) is 0.265. The fraction of sp³-hybridized carbons (Fsp3) is 0.444. The molecule has 2 rings (SSSR count). The number of hydrogen-bond donors (Lipinski definition) is 2. The number of aliphatic imine (C=N–C) groups is 1. The number of nitrogens with zero attached hydrogens (tertiary/aromatic N) is 2. The lowest BCUT2D eigenvalue weighted by molar-refractivity contribution is 0.319. The normalized spacial score (nSPS) is 10.8. The lowest BCUT2D eigenvalue weighted by Gasteiger charge is -2.12. The zero-order chi connectivity index (χ0) is 18.1. The Morgan fingerprint density at radius 3 is 2.65 bits per heavy atom. The van der Waals surface area contributed by atoms with Crippen molar-refractivity contribution >= 4 is 29.9 Å². The van der Waals surface area contributed by atoms with Crippen molar-refractivity contribution in [1.29, 1.82) is 0 Å². The molecule has 0 aliphatic heterocycles. The van der Waals surface area contributed by atoms with Gasteiger partial charge in [0.05, 0.1) is 19.3 Å². The second-order valence-corrected chi connectivity index (χ2v) is 5.40. The van der Waals surface area contributed by atoms with Gasteiger partial charge in [0, 0.05) is 12.6 Å². The van der Waals surface area contributed by atoms with E-state index in [4.69, 9.17) is 13.9 Å². The highest BCUT2D eigenvalue weighted by Gasteiger charge is 2.05. The van der Waals surface area contributed by atoms with Crippen molar-refractivity contribution in [2.75, 3.05) is 26.8 Å². The van der Waals surface area contributed by atoms with Gasteiger partial charge < -0.3 is 24.5 Å². The Morgan fingerprint density at radius 1 is 1.23 bits per heavy atom. The summed E-state index contributed by atoms with van der Waals surface area (Å²) in [5.74, 6) is 3.69. The monoisotopic (exact) mass is 474 g/mol. The van der Waals surface area contributed by atoms with Crippen molar-refractivity contribution < 1.29 is 13.9 Å². The van der Waals surface area contributed by atoms with Crippen LogP contribution in [0.15, 0.2) is 33.7 Å². The molecule has 1 aromatic carbocycles. The van der Waals surface area contributed by atoms with Crippen LogP contribution in [0.4, 0.5) is 0 Å². The molecular weight excluding hydrogens is 447 g/mol. The van der Waals surface area contributed by atoms with Gasteiger partial charge in [0.15, 0.2) is 5.96 Å². The molecular formula is C18H27IN4O3. The number of ether oxygens (including phenoxy) is 2. The second-order valence-electron chi connectivity index (χ2n) is 5.40. The van der Waals surface area contributed by atoms with E-state index in [0.717, 1.165) is 29.5 Å². The molecule has 7 nitrogen and oxygen atoms in total. The topological polar surface area (TPSA) is 80.9 Å². The third-order valence-electron chi connectivity index (χ3n) is 3.49. The van der Waals surface area contributed by atoms with Crippen molar-refractivity contribution in [3.63, 3.8) is 0 Å². The predicted octanol–water partition coefficient (Wildman–Crippen LogP) is 3.05. The Labute approximate surface area is 171 Å². The summed E-state index contributed by atoms with van der Waals surface area (Å²) < 4.78 is 16.4. The number of halogens is 1. The van der Waals surface area contributed by atoms with Crippen molar-refractivity contribution in [2.24, 2.45) is 4.99 Å². The van der Waals surface area contributed by atoms with Crippen LogP contribution >= 0.6 is 24.0 Å². The van der Waals surface area contributed by atoms with Crippen LogP contribution < -0.4 is 20.1 Å². The third-order valence-corrected chi connectivity index (χ3v) is 3.49. The summed E-state index contributed by atoms with van der Waals surface area (Å²) in [6.07, 6.45) is 0. The van der Waals surface area contributed by atoms with Gasteiger partial charge >= 0.3 is 0 Å². The zero-order valence-electron chi connectivity index (χ0n) is 15.7. The van der Waals surface area contributed by atoms with Gasteiger partial charge in [-0.05, 0) is 32.9 Å². The summed E-state index contributed by atoms with van der Waals surface area (Å²) >= 11 is 0. The first-order chi connectivity index (χ1) is 12.1. The lowest BCUT2D eigenvalue weighted by Crippen LogP contribution is -2.39. The van der Waals surface area contributed by atoms with Gasteiger partial charge in [0.2, 0.25) is 5.89 Å². The molecule has 2 N–H and O–H groups in total. The smallest absolute Gasteiger partial charge is 0.216 e. The van der Waals surface area contributed by atoms with E-state index in [-0.39, 0.29) is 24.0 Å². The van der Waals surface area contributed by atoms with Crippen LogP contribution in [-0.4, -0.2) is 37.7 Å². The molecule has 0 aliphatic carbocycles. The van der Waals surface area contributed by atoms with Crippen LogP contribution in [0, 0.1) is 13.8 Å². The van der Waals surface area contributed by atoms with E-state index in [1.54, 1.807) is 7.11 Å². The molecule has 0 unspecified atom stereocenters. The average molecular weight is 474 g/mol. The minimum absolute atomic E-state index is 0. The van der Waals surface area contributed by atoms with Gasteiger partial charge in [-0.25, -0.2) is 9.98 Å². The molecule has 26 heavy (non-hydrogen) atoms. The number of benzene rings is 1. The maximum Gasteiger partial charge on any atom is 0.216 e. The van der Waals surface area contributed by atoms with Gasteiger partial charge in [0.1, 0.15) is 30.4 Å². The summed E-state index contributed by atoms with van der Waals surface area (Å²) in [7, 11) is 1.64. The van der Waals surface area contributed by atoms with Gasteiger partial charge in [0.25, 0.3) is 0 Å². The number of oxazole rings is 1. The minimum Gasteiger partial charge on any atom is -0.497 e. The van der Waals surface area contributed by atoms with Crippen molar-refractivity contribution in [3.8, 4) is 11.5 Å². The maximum atomic E-state index is 5.70. The SMILES string of the molecule is CCNC(=NCc1nc(C)c(C)o1)NCCOc1cccc(OC)c1.I. The number of methoxy groups -OCH3 is 1. The molecule has 144 valence electrons. The first-order valence-corrected chi connectivity index (χ1v) is 8.34. The molecule has 2 aromatic rings. The highest BCUT2D eigenvalue weighted by Crippen LogP contribution is 2.18. The van der Waals surface area contributed by atoms with Crippen LogP contribution in [0.1, 0.15) is 24.3 Å². The van der Waals surface area contributed by atoms with E-state index in [2.05, 4.69) is 20.6 Å². The third kappa shape index (κ3) is 7.11. The van der Waals surface area contributed by atoms with Gasteiger partial charge in [-0.15, -0.1) is 24.0 Å². The van der Waals surface area contributed by atoms with Crippen molar-refractivity contribution in [2.45, 2.75) is 27.3 Å². The van der Waals surface area contributed by atoms with E-state index in [9.17, 15) is 0 Å². The Kier molecular flexibility index (Phi) is 9.85. The minimum atomic E-state index is 0. The molecule has 0 spiro atoms. The standard InChI is InChI=1S/C18H26N4O3.HI/c1-5-19-18(21-12-17-22-13(2)14(3)25-17)20-9-10-24-16-8-6-7-15(11-16)23-4;/h6-8,11H,5,9-10,12H2,1-4H3,(H2,19,20,21);1H. The Hall–Kier alpha value is -1.97. The Balaban J connectivity index is 0.00000338. The first kappa shape index (κ1) is 22.1.